The lowest BCUT2D eigenvalue weighted by Crippen LogP contribution is -2.52. The fourth-order valence-electron chi connectivity index (χ4n) is 3.83. The van der Waals surface area contributed by atoms with Crippen LogP contribution in [0.15, 0.2) is 83.8 Å². The van der Waals surface area contributed by atoms with Crippen LogP contribution in [0.4, 0.5) is 5.69 Å². The third-order valence-corrected chi connectivity index (χ3v) is 7.81. The van der Waals surface area contributed by atoms with Crippen molar-refractivity contribution in [1.29, 1.82) is 0 Å². The van der Waals surface area contributed by atoms with E-state index < -0.39 is 28.5 Å². The quantitative estimate of drug-likeness (QED) is 0.375. The van der Waals surface area contributed by atoms with Gasteiger partial charge in [0.15, 0.2) is 0 Å². The molecule has 3 aromatic carbocycles. The van der Waals surface area contributed by atoms with Crippen LogP contribution in [0.25, 0.3) is 0 Å². The Morgan fingerprint density at radius 1 is 0.947 bits per heavy atom. The molecule has 0 fully saturated rings. The first-order valence-corrected chi connectivity index (χ1v) is 13.9. The molecule has 0 heterocycles. The van der Waals surface area contributed by atoms with Crippen LogP contribution in [0.3, 0.4) is 0 Å². The Morgan fingerprint density at radius 3 is 2.26 bits per heavy atom. The lowest BCUT2D eigenvalue weighted by molar-refractivity contribution is -0.139. The molecule has 2 amide bonds. The molecule has 0 radical (unpaired) electrons. The molecule has 3 aromatic rings. The molecule has 0 bridgehead atoms. The Labute approximate surface area is 229 Å². The highest BCUT2D eigenvalue weighted by atomic mass is 35.5. The molecular weight excluding hydrogens is 526 g/mol. The SMILES string of the molecule is COc1cccc(CN(C(=O)CN(c2cccc(Cl)c2)S(=O)(=O)c2ccccc2)[C@@H](C)C(=O)NC(C)C)c1. The molecule has 0 aromatic heterocycles. The molecule has 0 saturated heterocycles. The van der Waals surface area contributed by atoms with E-state index in [1.165, 1.54) is 30.2 Å². The number of hydrogen-bond donors (Lipinski definition) is 1. The predicted octanol–water partition coefficient (Wildman–Crippen LogP) is 4.49. The van der Waals surface area contributed by atoms with Crippen LogP contribution in [-0.2, 0) is 26.2 Å². The molecule has 3 rings (SSSR count). The van der Waals surface area contributed by atoms with Gasteiger partial charge in [-0.3, -0.25) is 13.9 Å². The van der Waals surface area contributed by atoms with E-state index in [2.05, 4.69) is 5.32 Å². The normalized spacial score (nSPS) is 12.1. The number of nitrogens with zero attached hydrogens (tertiary/aromatic N) is 2. The van der Waals surface area contributed by atoms with Crippen molar-refractivity contribution in [2.24, 2.45) is 0 Å². The summed E-state index contributed by atoms with van der Waals surface area (Å²) in [5, 5.41) is 3.15. The maximum absolute atomic E-state index is 13.9. The molecule has 0 aliphatic rings. The van der Waals surface area contributed by atoms with Crippen molar-refractivity contribution in [3.63, 3.8) is 0 Å². The van der Waals surface area contributed by atoms with Gasteiger partial charge in [0.2, 0.25) is 11.8 Å². The van der Waals surface area contributed by atoms with E-state index in [0.717, 1.165) is 9.87 Å². The molecule has 0 saturated carbocycles. The van der Waals surface area contributed by atoms with Crippen molar-refractivity contribution in [3.8, 4) is 5.75 Å². The summed E-state index contributed by atoms with van der Waals surface area (Å²) in [6.07, 6.45) is 0. The summed E-state index contributed by atoms with van der Waals surface area (Å²) in [6.45, 7) is 4.79. The number of sulfonamides is 1. The highest BCUT2D eigenvalue weighted by Gasteiger charge is 2.32. The number of amides is 2. The molecule has 10 heteroatoms. The number of hydrogen-bond acceptors (Lipinski definition) is 5. The van der Waals surface area contributed by atoms with Gasteiger partial charge >= 0.3 is 0 Å². The van der Waals surface area contributed by atoms with Gasteiger partial charge in [0, 0.05) is 17.6 Å². The minimum atomic E-state index is -4.14. The fraction of sp³-hybridized carbons (Fsp3) is 0.286. The molecular formula is C28H32ClN3O5S. The zero-order valence-electron chi connectivity index (χ0n) is 21.8. The molecule has 0 unspecified atom stereocenters. The van der Waals surface area contributed by atoms with Gasteiger partial charge in [0.25, 0.3) is 10.0 Å². The summed E-state index contributed by atoms with van der Waals surface area (Å²) in [7, 11) is -2.60. The number of nitrogens with one attached hydrogen (secondary N) is 1. The van der Waals surface area contributed by atoms with Gasteiger partial charge in [-0.25, -0.2) is 8.42 Å². The predicted molar refractivity (Wildman–Crippen MR) is 149 cm³/mol. The van der Waals surface area contributed by atoms with E-state index in [-0.39, 0.29) is 29.1 Å². The Balaban J connectivity index is 2.03. The number of ether oxygens (including phenoxy) is 1. The lowest BCUT2D eigenvalue weighted by Gasteiger charge is -2.32. The van der Waals surface area contributed by atoms with Crippen molar-refractivity contribution in [2.45, 2.75) is 44.3 Å². The van der Waals surface area contributed by atoms with Crippen LogP contribution in [0, 0.1) is 0 Å². The Hall–Kier alpha value is -3.56. The minimum Gasteiger partial charge on any atom is -0.497 e. The van der Waals surface area contributed by atoms with E-state index in [4.69, 9.17) is 16.3 Å². The Bertz CT molecular complexity index is 1370. The third-order valence-electron chi connectivity index (χ3n) is 5.79. The van der Waals surface area contributed by atoms with Gasteiger partial charge in [0.1, 0.15) is 18.3 Å². The fourth-order valence-corrected chi connectivity index (χ4v) is 5.45. The Morgan fingerprint density at radius 2 is 1.63 bits per heavy atom. The van der Waals surface area contributed by atoms with Crippen LogP contribution in [-0.4, -0.2) is 50.9 Å². The van der Waals surface area contributed by atoms with Crippen molar-refractivity contribution in [1.82, 2.24) is 10.2 Å². The van der Waals surface area contributed by atoms with Gasteiger partial charge in [0.05, 0.1) is 17.7 Å². The van der Waals surface area contributed by atoms with Crippen LogP contribution >= 0.6 is 11.6 Å². The zero-order valence-corrected chi connectivity index (χ0v) is 23.4. The second-order valence-corrected chi connectivity index (χ2v) is 11.3. The third kappa shape index (κ3) is 7.26. The summed E-state index contributed by atoms with van der Waals surface area (Å²) < 4.78 is 33.7. The second-order valence-electron chi connectivity index (χ2n) is 9.02. The highest BCUT2D eigenvalue weighted by molar-refractivity contribution is 7.92. The molecule has 202 valence electrons. The molecule has 1 atom stereocenters. The topological polar surface area (TPSA) is 96.0 Å². The summed E-state index contributed by atoms with van der Waals surface area (Å²) in [5.41, 5.74) is 0.956. The molecule has 8 nitrogen and oxygen atoms in total. The minimum absolute atomic E-state index is 0.0257. The van der Waals surface area contributed by atoms with Gasteiger partial charge in [-0.05, 0) is 68.8 Å². The van der Waals surface area contributed by atoms with Crippen LogP contribution in [0.1, 0.15) is 26.3 Å². The van der Waals surface area contributed by atoms with Gasteiger partial charge in [-0.2, -0.15) is 0 Å². The van der Waals surface area contributed by atoms with E-state index in [0.29, 0.717) is 10.8 Å². The number of halogens is 1. The first kappa shape index (κ1) is 29.0. The number of anilines is 1. The van der Waals surface area contributed by atoms with Crippen LogP contribution in [0.2, 0.25) is 5.02 Å². The van der Waals surface area contributed by atoms with E-state index in [1.807, 2.05) is 19.9 Å². The molecule has 0 aliphatic heterocycles. The average molecular weight is 558 g/mol. The van der Waals surface area contributed by atoms with E-state index in [9.17, 15) is 18.0 Å². The van der Waals surface area contributed by atoms with Crippen molar-refractivity contribution in [2.75, 3.05) is 18.0 Å². The van der Waals surface area contributed by atoms with Crippen LogP contribution in [0.5, 0.6) is 5.75 Å². The smallest absolute Gasteiger partial charge is 0.264 e. The number of methoxy groups -OCH3 is 1. The second kappa shape index (κ2) is 12.8. The first-order chi connectivity index (χ1) is 18.0. The molecule has 0 aliphatic carbocycles. The number of rotatable bonds is 11. The van der Waals surface area contributed by atoms with Crippen LogP contribution < -0.4 is 14.4 Å². The standard InChI is InChI=1S/C28H32ClN3O5S/c1-20(2)30-28(34)21(3)31(18-22-10-8-13-25(16-22)37-4)27(33)19-32(24-12-9-11-23(29)17-24)38(35,36)26-14-6-5-7-15-26/h5-17,20-21H,18-19H2,1-4H3,(H,30,34)/t21-/m0/s1. The molecule has 0 spiro atoms. The monoisotopic (exact) mass is 557 g/mol. The molecule has 38 heavy (non-hydrogen) atoms. The van der Waals surface area contributed by atoms with Crippen molar-refractivity contribution < 1.29 is 22.7 Å². The molecule has 1 N–H and O–H groups in total. The van der Waals surface area contributed by atoms with Gasteiger partial charge < -0.3 is 15.0 Å². The largest absolute Gasteiger partial charge is 0.497 e. The summed E-state index contributed by atoms with van der Waals surface area (Å²) in [5.74, 6) is -0.309. The first-order valence-electron chi connectivity index (χ1n) is 12.1. The van der Waals surface area contributed by atoms with Gasteiger partial charge in [-0.1, -0.05) is 48.0 Å². The zero-order chi connectivity index (χ0) is 27.9. The van der Waals surface area contributed by atoms with Crippen molar-refractivity contribution in [3.05, 3.63) is 89.4 Å². The van der Waals surface area contributed by atoms with E-state index >= 15 is 0 Å². The van der Waals surface area contributed by atoms with Gasteiger partial charge in [-0.15, -0.1) is 0 Å². The maximum Gasteiger partial charge on any atom is 0.264 e. The summed E-state index contributed by atoms with van der Waals surface area (Å²) >= 11 is 6.18. The maximum atomic E-state index is 13.9. The number of benzene rings is 3. The lowest BCUT2D eigenvalue weighted by atomic mass is 10.1. The van der Waals surface area contributed by atoms with Crippen molar-refractivity contribution >= 4 is 39.1 Å². The summed E-state index contributed by atoms with van der Waals surface area (Å²) in [4.78, 5) is 28.2. The summed E-state index contributed by atoms with van der Waals surface area (Å²) in [6, 6.07) is 20.3. The average Bonchev–Trinajstić information content (AvgIpc) is 2.90. The highest BCUT2D eigenvalue weighted by Crippen LogP contribution is 2.27. The van der Waals surface area contributed by atoms with E-state index in [1.54, 1.807) is 61.5 Å². The Kier molecular flexibility index (Phi) is 9.77. The number of carbonyl (C=O) groups is 2. The number of carbonyl (C=O) groups excluding carboxylic acids is 2.